The molecule has 2 rings (SSSR count). The van der Waals surface area contributed by atoms with Crippen molar-refractivity contribution in [1.29, 1.82) is 0 Å². The van der Waals surface area contributed by atoms with Gasteiger partial charge in [-0.3, -0.25) is 4.79 Å². The Bertz CT molecular complexity index is 747. The van der Waals surface area contributed by atoms with Crippen LogP contribution in [0.4, 0.5) is 0 Å². The number of benzene rings is 1. The van der Waals surface area contributed by atoms with Gasteiger partial charge < -0.3 is 14.4 Å². The fourth-order valence-electron chi connectivity index (χ4n) is 2.21. The van der Waals surface area contributed by atoms with Gasteiger partial charge in [0.25, 0.3) is 0 Å². The van der Waals surface area contributed by atoms with Crippen LogP contribution in [0.2, 0.25) is 0 Å². The summed E-state index contributed by atoms with van der Waals surface area (Å²) in [4.78, 5) is 11.3. The summed E-state index contributed by atoms with van der Waals surface area (Å²) in [6.07, 6.45) is -0.181. The van der Waals surface area contributed by atoms with Crippen LogP contribution in [0.3, 0.4) is 0 Å². The number of aliphatic carboxylic acids is 1. The molecule has 2 atom stereocenters. The molecular weight excluding hydrogens is 354 g/mol. The second-order valence-corrected chi connectivity index (χ2v) is 8.73. The van der Waals surface area contributed by atoms with E-state index in [-0.39, 0.29) is 6.42 Å². The van der Waals surface area contributed by atoms with Crippen molar-refractivity contribution in [1.82, 2.24) is 14.9 Å². The lowest BCUT2D eigenvalue weighted by atomic mass is 10.0. The normalized spacial score (nSPS) is 13.9. The fourth-order valence-corrected chi connectivity index (χ4v) is 3.04. The van der Waals surface area contributed by atoms with Gasteiger partial charge in [0.2, 0.25) is 5.88 Å². The summed E-state index contributed by atoms with van der Waals surface area (Å²) < 4.78 is 19.9. The average molecular weight is 377 g/mol. The third-order valence-electron chi connectivity index (χ3n) is 3.62. The largest absolute Gasteiger partial charge is 0.598 e. The number of rotatable bonds is 7. The highest BCUT2D eigenvalue weighted by molar-refractivity contribution is 7.90. The third kappa shape index (κ3) is 5.42. The molecule has 0 spiro atoms. The van der Waals surface area contributed by atoms with Crippen LogP contribution < -0.4 is 9.46 Å². The van der Waals surface area contributed by atoms with Crippen molar-refractivity contribution in [2.75, 3.05) is 7.11 Å². The molecule has 0 aliphatic heterocycles. The minimum absolute atomic E-state index is 0.181. The fraction of sp³-hybridized carbons (Fsp3) is 0.389. The molecule has 0 saturated carbocycles. The van der Waals surface area contributed by atoms with E-state index in [1.807, 2.05) is 39.0 Å². The first-order valence-corrected chi connectivity index (χ1v) is 9.23. The van der Waals surface area contributed by atoms with Gasteiger partial charge in [-0.05, 0) is 38.5 Å². The van der Waals surface area contributed by atoms with Crippen molar-refractivity contribution >= 4 is 17.3 Å². The Morgan fingerprint density at radius 2 is 2.04 bits per heavy atom. The Morgan fingerprint density at radius 3 is 2.58 bits per heavy atom. The third-order valence-corrected chi connectivity index (χ3v) is 5.23. The SMILES string of the molecule is COc1ccc(-c2cccc(C(CC(=O)O)N[S@+]([O-])C(C)(C)C)c2)nn1. The van der Waals surface area contributed by atoms with Crippen LogP contribution in [0.5, 0.6) is 5.88 Å². The minimum atomic E-state index is -1.40. The number of carbonyl (C=O) groups is 1. The van der Waals surface area contributed by atoms with Crippen LogP contribution in [-0.4, -0.2) is 37.7 Å². The highest BCUT2D eigenvalue weighted by Crippen LogP contribution is 2.26. The van der Waals surface area contributed by atoms with Gasteiger partial charge in [-0.2, -0.15) is 0 Å². The maximum Gasteiger partial charge on any atom is 0.305 e. The predicted molar refractivity (Wildman–Crippen MR) is 100 cm³/mol. The van der Waals surface area contributed by atoms with Gasteiger partial charge in [0, 0.05) is 23.0 Å². The molecule has 2 N–H and O–H groups in total. The van der Waals surface area contributed by atoms with Crippen LogP contribution in [0, 0.1) is 0 Å². The highest BCUT2D eigenvalue weighted by Gasteiger charge is 2.31. The van der Waals surface area contributed by atoms with E-state index in [2.05, 4.69) is 14.9 Å². The van der Waals surface area contributed by atoms with Gasteiger partial charge in [0.05, 0.1) is 25.3 Å². The number of nitrogens with one attached hydrogen (secondary N) is 1. The molecule has 1 unspecified atom stereocenters. The van der Waals surface area contributed by atoms with E-state index in [4.69, 9.17) is 4.74 Å². The molecule has 7 nitrogen and oxygen atoms in total. The highest BCUT2D eigenvalue weighted by atomic mass is 32.2. The summed E-state index contributed by atoms with van der Waals surface area (Å²) in [5, 5.41) is 17.3. The van der Waals surface area contributed by atoms with E-state index in [1.54, 1.807) is 18.2 Å². The molecule has 0 aliphatic carbocycles. The second-order valence-electron chi connectivity index (χ2n) is 6.74. The molecule has 1 heterocycles. The molecule has 0 amide bonds. The Kier molecular flexibility index (Phi) is 6.57. The molecule has 1 aromatic heterocycles. The average Bonchev–Trinajstić information content (AvgIpc) is 2.60. The smallest absolute Gasteiger partial charge is 0.305 e. The second kappa shape index (κ2) is 8.48. The molecule has 0 radical (unpaired) electrons. The van der Waals surface area contributed by atoms with E-state index < -0.39 is 28.1 Å². The molecule has 0 fully saturated rings. The molecule has 0 aliphatic rings. The van der Waals surface area contributed by atoms with Crippen molar-refractivity contribution in [3.05, 3.63) is 42.0 Å². The van der Waals surface area contributed by atoms with Crippen molar-refractivity contribution in [2.24, 2.45) is 0 Å². The topological polar surface area (TPSA) is 107 Å². The van der Waals surface area contributed by atoms with Gasteiger partial charge in [0.1, 0.15) is 4.75 Å². The number of nitrogens with zero attached hydrogens (tertiary/aromatic N) is 2. The summed E-state index contributed by atoms with van der Waals surface area (Å²) in [6.45, 7) is 5.49. The zero-order valence-electron chi connectivity index (χ0n) is 15.2. The monoisotopic (exact) mass is 377 g/mol. The van der Waals surface area contributed by atoms with Crippen LogP contribution >= 0.6 is 0 Å². The Hall–Kier alpha value is -2.16. The summed E-state index contributed by atoms with van der Waals surface area (Å²) in [5.74, 6) is -0.557. The van der Waals surface area contributed by atoms with Crippen LogP contribution in [0.15, 0.2) is 36.4 Å². The van der Waals surface area contributed by atoms with Crippen molar-refractivity contribution in [3.63, 3.8) is 0 Å². The maximum absolute atomic E-state index is 12.4. The standard InChI is InChI=1S/C18H23N3O4S/c1-18(2,3)26(24)21-15(11-17(22)23)13-7-5-6-12(10-13)14-8-9-16(25-4)20-19-14/h5-10,15,21H,11H2,1-4H3,(H,22,23)/t15?,26-/m1/s1. The zero-order valence-corrected chi connectivity index (χ0v) is 16.0. The van der Waals surface area contributed by atoms with E-state index in [9.17, 15) is 14.5 Å². The molecular formula is C18H23N3O4S. The Balaban J connectivity index is 2.31. The zero-order chi connectivity index (χ0) is 19.3. The van der Waals surface area contributed by atoms with E-state index in [1.165, 1.54) is 7.11 Å². The van der Waals surface area contributed by atoms with Crippen LogP contribution in [0.25, 0.3) is 11.3 Å². The van der Waals surface area contributed by atoms with Crippen molar-refractivity contribution < 1.29 is 19.2 Å². The molecule has 140 valence electrons. The van der Waals surface area contributed by atoms with Gasteiger partial charge in [0.15, 0.2) is 0 Å². The van der Waals surface area contributed by atoms with Crippen molar-refractivity contribution in [2.45, 2.75) is 38.0 Å². The number of carboxylic acid groups (broad SMARTS) is 1. The summed E-state index contributed by atoms with van der Waals surface area (Å²) in [5.41, 5.74) is 2.15. The first-order chi connectivity index (χ1) is 12.2. The molecule has 1 aromatic carbocycles. The summed E-state index contributed by atoms with van der Waals surface area (Å²) in [6, 6.07) is 10.2. The number of hydrogen-bond donors (Lipinski definition) is 2. The summed E-state index contributed by atoms with van der Waals surface area (Å²) in [7, 11) is 1.52. The van der Waals surface area contributed by atoms with E-state index in [0.29, 0.717) is 11.6 Å². The maximum atomic E-state index is 12.4. The van der Waals surface area contributed by atoms with Gasteiger partial charge in [-0.15, -0.1) is 14.9 Å². The van der Waals surface area contributed by atoms with E-state index >= 15 is 0 Å². The van der Waals surface area contributed by atoms with Crippen LogP contribution in [-0.2, 0) is 16.2 Å². The number of aromatic nitrogens is 2. The quantitative estimate of drug-likeness (QED) is 0.714. The van der Waals surface area contributed by atoms with Gasteiger partial charge >= 0.3 is 5.97 Å². The van der Waals surface area contributed by atoms with Gasteiger partial charge in [-0.1, -0.05) is 18.2 Å². The number of ether oxygens (including phenoxy) is 1. The summed E-state index contributed by atoms with van der Waals surface area (Å²) >= 11 is -1.40. The Labute approximate surface area is 156 Å². The molecule has 26 heavy (non-hydrogen) atoms. The lowest BCUT2D eigenvalue weighted by Crippen LogP contribution is -2.41. The molecule has 0 saturated heterocycles. The lowest BCUT2D eigenvalue weighted by molar-refractivity contribution is -0.137. The predicted octanol–water partition coefficient (Wildman–Crippen LogP) is 2.72. The number of hydrogen-bond acceptors (Lipinski definition) is 6. The number of carboxylic acids is 1. The van der Waals surface area contributed by atoms with Crippen LogP contribution in [0.1, 0.15) is 38.8 Å². The Morgan fingerprint density at radius 1 is 1.31 bits per heavy atom. The minimum Gasteiger partial charge on any atom is -0.598 e. The molecule has 2 aromatic rings. The molecule has 0 bridgehead atoms. The van der Waals surface area contributed by atoms with Gasteiger partial charge in [-0.25, -0.2) is 0 Å². The molecule has 8 heteroatoms. The first-order valence-electron chi connectivity index (χ1n) is 8.08. The number of methoxy groups -OCH3 is 1. The first kappa shape index (κ1) is 20.2. The lowest BCUT2D eigenvalue weighted by Gasteiger charge is -2.27. The van der Waals surface area contributed by atoms with E-state index in [0.717, 1.165) is 11.1 Å². The van der Waals surface area contributed by atoms with Crippen molar-refractivity contribution in [3.8, 4) is 17.1 Å².